The van der Waals surface area contributed by atoms with Crippen LogP contribution in [0.1, 0.15) is 24.8 Å². The molecule has 128 valence electrons. The Labute approximate surface area is 141 Å². The molecule has 2 rings (SSSR count). The van der Waals surface area contributed by atoms with Gasteiger partial charge in [0.25, 0.3) is 0 Å². The van der Waals surface area contributed by atoms with Gasteiger partial charge in [0.15, 0.2) is 0 Å². The Morgan fingerprint density at radius 2 is 1.78 bits per heavy atom. The zero-order valence-corrected chi connectivity index (χ0v) is 14.3. The van der Waals surface area contributed by atoms with Crippen LogP contribution in [0.2, 0.25) is 0 Å². The summed E-state index contributed by atoms with van der Waals surface area (Å²) in [6, 6.07) is 7.71. The van der Waals surface area contributed by atoms with Gasteiger partial charge in [0.05, 0.1) is 6.61 Å². The highest BCUT2D eigenvalue weighted by Gasteiger charge is 2.07. The lowest BCUT2D eigenvalue weighted by Gasteiger charge is -2.25. The maximum absolute atomic E-state index is 8.58. The molecule has 1 aromatic carbocycles. The van der Waals surface area contributed by atoms with E-state index in [1.54, 1.807) is 12.2 Å². The van der Waals surface area contributed by atoms with Gasteiger partial charge < -0.3 is 20.7 Å². The summed E-state index contributed by atoms with van der Waals surface area (Å²) in [6.45, 7) is 10.3. The number of hydrogen-bond donors (Lipinski definition) is 3. The molecule has 1 aromatic rings. The topological polar surface area (TPSA) is 59.4 Å². The van der Waals surface area contributed by atoms with Gasteiger partial charge in [-0.3, -0.25) is 0 Å². The third-order valence-electron chi connectivity index (χ3n) is 3.42. The normalized spacial score (nSPS) is 13.5. The number of aliphatic hydroxyl groups is 1. The van der Waals surface area contributed by atoms with Crippen LogP contribution < -0.4 is 5.32 Å². The predicted octanol–water partition coefficient (Wildman–Crippen LogP) is 3.55. The maximum Gasteiger partial charge on any atom is 0.0558 e. The van der Waals surface area contributed by atoms with E-state index in [0.29, 0.717) is 6.61 Å². The molecule has 1 saturated heterocycles. The van der Waals surface area contributed by atoms with E-state index < -0.39 is 0 Å². The molecular formula is C19H31N3O. The van der Waals surface area contributed by atoms with Crippen molar-refractivity contribution >= 4 is 11.9 Å². The van der Waals surface area contributed by atoms with E-state index in [9.17, 15) is 0 Å². The molecule has 1 aliphatic heterocycles. The molecular weight excluding hydrogens is 286 g/mol. The first-order chi connectivity index (χ1) is 11.2. The summed E-state index contributed by atoms with van der Waals surface area (Å²) in [5, 5.41) is 18.6. The minimum Gasteiger partial charge on any atom is -0.395 e. The molecule has 4 heteroatoms. The molecule has 0 atom stereocenters. The minimum atomic E-state index is 0.319. The Morgan fingerprint density at radius 1 is 1.17 bits per heavy atom. The molecule has 1 fully saturated rings. The minimum absolute atomic E-state index is 0.319. The first-order valence-electron chi connectivity index (χ1n) is 8.07. The van der Waals surface area contributed by atoms with E-state index in [1.165, 1.54) is 38.6 Å². The number of β-amino-alcohol motifs (C(OH)–C–C–N with tert-alkyl or cyclic N) is 1. The summed E-state index contributed by atoms with van der Waals surface area (Å²) >= 11 is 0. The van der Waals surface area contributed by atoms with Gasteiger partial charge in [-0.05, 0) is 32.0 Å². The fourth-order valence-electron chi connectivity index (χ4n) is 2.17. The van der Waals surface area contributed by atoms with E-state index in [1.807, 2.05) is 31.3 Å². The molecule has 0 spiro atoms. The van der Waals surface area contributed by atoms with Crippen LogP contribution in [0.4, 0.5) is 5.69 Å². The second-order valence-electron chi connectivity index (χ2n) is 5.08. The van der Waals surface area contributed by atoms with Crippen molar-refractivity contribution in [1.82, 2.24) is 4.90 Å². The number of hydrogen-bond acceptors (Lipinski definition) is 4. The van der Waals surface area contributed by atoms with Crippen molar-refractivity contribution in [3.05, 3.63) is 55.1 Å². The van der Waals surface area contributed by atoms with Gasteiger partial charge in [-0.15, -0.1) is 0 Å². The molecule has 1 aliphatic rings. The van der Waals surface area contributed by atoms with Crippen LogP contribution in [0.25, 0.3) is 0 Å². The summed E-state index contributed by atoms with van der Waals surface area (Å²) < 4.78 is 0. The largest absolute Gasteiger partial charge is 0.395 e. The Kier molecular flexibility index (Phi) is 13.8. The number of nitrogens with one attached hydrogen (secondary N) is 2. The van der Waals surface area contributed by atoms with Crippen molar-refractivity contribution in [3.63, 3.8) is 0 Å². The number of likely N-dealkylation sites (tertiary alicyclic amines) is 1. The number of aliphatic hydroxyl groups excluding tert-OH is 1. The Balaban J connectivity index is 0.000000345. The van der Waals surface area contributed by atoms with Gasteiger partial charge in [0, 0.05) is 31.1 Å². The van der Waals surface area contributed by atoms with E-state index in [4.69, 9.17) is 10.5 Å². The zero-order chi connectivity index (χ0) is 17.3. The second-order valence-corrected chi connectivity index (χ2v) is 5.08. The van der Waals surface area contributed by atoms with E-state index >= 15 is 0 Å². The van der Waals surface area contributed by atoms with Crippen molar-refractivity contribution in [2.24, 2.45) is 0 Å². The van der Waals surface area contributed by atoms with Crippen LogP contribution in [-0.4, -0.2) is 49.5 Å². The number of allylic oxidation sites excluding steroid dienone is 2. The summed E-state index contributed by atoms with van der Waals surface area (Å²) in [4.78, 5) is 2.32. The lowest BCUT2D eigenvalue weighted by Crippen LogP contribution is -2.31. The van der Waals surface area contributed by atoms with E-state index in [-0.39, 0.29) is 0 Å². The molecule has 0 aromatic heterocycles. The Bertz CT molecular complexity index is 431. The number of anilines is 1. The number of nitrogens with zero attached hydrogens (tertiary/aromatic N) is 1. The quantitative estimate of drug-likeness (QED) is 0.575. The van der Waals surface area contributed by atoms with Crippen LogP contribution in [0, 0.1) is 5.41 Å². The van der Waals surface area contributed by atoms with Crippen LogP contribution in [0.3, 0.4) is 0 Å². The Morgan fingerprint density at radius 3 is 2.22 bits per heavy atom. The van der Waals surface area contributed by atoms with Gasteiger partial charge in [0.2, 0.25) is 0 Å². The smallest absolute Gasteiger partial charge is 0.0558 e. The fourth-order valence-corrected chi connectivity index (χ4v) is 2.17. The van der Waals surface area contributed by atoms with Crippen LogP contribution in [0.5, 0.6) is 0 Å². The average molecular weight is 317 g/mol. The number of piperidine rings is 1. The highest BCUT2D eigenvalue weighted by atomic mass is 16.3. The van der Waals surface area contributed by atoms with Crippen LogP contribution >= 0.6 is 0 Å². The lowest BCUT2D eigenvalue weighted by atomic mass is 10.1. The van der Waals surface area contributed by atoms with Crippen molar-refractivity contribution < 1.29 is 5.11 Å². The third-order valence-corrected chi connectivity index (χ3v) is 3.42. The van der Waals surface area contributed by atoms with Gasteiger partial charge in [0.1, 0.15) is 0 Å². The molecule has 1 heterocycles. The SMILES string of the molecule is C=CC=C.CNc1ccccc1C=N.OCCN1CCCCC1. The monoisotopic (exact) mass is 317 g/mol. The fraction of sp³-hybridized carbons (Fsp3) is 0.421. The molecule has 0 aliphatic carbocycles. The molecule has 0 unspecified atom stereocenters. The average Bonchev–Trinajstić information content (AvgIpc) is 2.63. The number of rotatable bonds is 5. The van der Waals surface area contributed by atoms with E-state index in [0.717, 1.165) is 17.8 Å². The first-order valence-corrected chi connectivity index (χ1v) is 8.07. The summed E-state index contributed by atoms with van der Waals surface area (Å²) in [7, 11) is 1.85. The molecule has 23 heavy (non-hydrogen) atoms. The highest BCUT2D eigenvalue weighted by molar-refractivity contribution is 5.85. The molecule has 3 N–H and O–H groups in total. The first kappa shape index (κ1) is 21.1. The number of benzene rings is 1. The van der Waals surface area contributed by atoms with Gasteiger partial charge in [-0.1, -0.05) is 49.9 Å². The zero-order valence-electron chi connectivity index (χ0n) is 14.3. The third kappa shape index (κ3) is 10.4. The van der Waals surface area contributed by atoms with E-state index in [2.05, 4.69) is 23.4 Å². The molecule has 4 nitrogen and oxygen atoms in total. The van der Waals surface area contributed by atoms with Crippen molar-refractivity contribution in [3.8, 4) is 0 Å². The Hall–Kier alpha value is -1.91. The number of para-hydroxylation sites is 1. The summed E-state index contributed by atoms with van der Waals surface area (Å²) in [5.41, 5.74) is 1.92. The van der Waals surface area contributed by atoms with Gasteiger partial charge in [-0.2, -0.15) is 0 Å². The predicted molar refractivity (Wildman–Crippen MR) is 102 cm³/mol. The van der Waals surface area contributed by atoms with Gasteiger partial charge in [-0.25, -0.2) is 0 Å². The molecule has 0 radical (unpaired) electrons. The highest BCUT2D eigenvalue weighted by Crippen LogP contribution is 2.10. The second kappa shape index (κ2) is 15.0. The van der Waals surface area contributed by atoms with Crippen molar-refractivity contribution in [1.29, 1.82) is 5.41 Å². The lowest BCUT2D eigenvalue weighted by molar-refractivity contribution is 0.173. The molecule has 0 saturated carbocycles. The molecule has 0 bridgehead atoms. The summed E-state index contributed by atoms with van der Waals surface area (Å²) in [5.74, 6) is 0. The van der Waals surface area contributed by atoms with Crippen molar-refractivity contribution in [2.45, 2.75) is 19.3 Å². The van der Waals surface area contributed by atoms with Crippen LogP contribution in [-0.2, 0) is 0 Å². The van der Waals surface area contributed by atoms with Crippen LogP contribution in [0.15, 0.2) is 49.6 Å². The van der Waals surface area contributed by atoms with Gasteiger partial charge >= 0.3 is 0 Å². The maximum atomic E-state index is 8.58. The summed E-state index contributed by atoms with van der Waals surface area (Å²) in [6.07, 6.45) is 8.63. The molecule has 0 amide bonds. The standard InChI is InChI=1S/C8H10N2.C7H15NO.C4H6/c1-10-8-5-3-2-4-7(8)6-9;9-7-6-8-4-2-1-3-5-8;1-3-4-2/h2-6,9-10H,1H3;9H,1-7H2;3-4H,1-2H2. The van der Waals surface area contributed by atoms with Crippen molar-refractivity contribution in [2.75, 3.05) is 38.6 Å².